The lowest BCUT2D eigenvalue weighted by Crippen LogP contribution is -2.37. The average molecular weight is 141 g/mol. The summed E-state index contributed by atoms with van der Waals surface area (Å²) in [6, 6.07) is 0.309. The van der Waals surface area contributed by atoms with Gasteiger partial charge in [-0.15, -0.1) is 0 Å². The molecule has 0 heterocycles. The zero-order valence-electron chi connectivity index (χ0n) is 6.16. The van der Waals surface area contributed by atoms with Crippen molar-refractivity contribution in [2.24, 2.45) is 23.5 Å². The molecule has 0 unspecified atom stereocenters. The van der Waals surface area contributed by atoms with Gasteiger partial charge in [-0.2, -0.15) is 0 Å². The molecular weight excluding hydrogens is 126 g/mol. The van der Waals surface area contributed by atoms with Crippen molar-refractivity contribution in [2.75, 3.05) is 6.61 Å². The number of nitrogens with two attached hydrogens (primary N) is 1. The van der Waals surface area contributed by atoms with Crippen LogP contribution in [0.15, 0.2) is 0 Å². The Morgan fingerprint density at radius 3 is 2.40 bits per heavy atom. The van der Waals surface area contributed by atoms with E-state index in [1.165, 1.54) is 19.3 Å². The van der Waals surface area contributed by atoms with Crippen LogP contribution in [-0.4, -0.2) is 17.8 Å². The van der Waals surface area contributed by atoms with Gasteiger partial charge in [-0.1, -0.05) is 0 Å². The maximum atomic E-state index is 8.98. The lowest BCUT2D eigenvalue weighted by atomic mass is 9.86. The zero-order valence-corrected chi connectivity index (χ0v) is 6.16. The first-order valence-electron chi connectivity index (χ1n) is 4.19. The highest BCUT2D eigenvalue weighted by molar-refractivity contribution is 4.98. The van der Waals surface area contributed by atoms with Crippen molar-refractivity contribution < 1.29 is 5.11 Å². The van der Waals surface area contributed by atoms with Crippen LogP contribution in [0.3, 0.4) is 0 Å². The van der Waals surface area contributed by atoms with Gasteiger partial charge in [-0.25, -0.2) is 0 Å². The Labute approximate surface area is 61.4 Å². The smallest absolute Gasteiger partial charge is 0.0476 e. The Bertz CT molecular complexity index is 135. The van der Waals surface area contributed by atoms with Crippen molar-refractivity contribution in [3.63, 3.8) is 0 Å². The molecule has 10 heavy (non-hydrogen) atoms. The molecule has 0 aromatic carbocycles. The normalized spacial score (nSPS) is 52.2. The summed E-state index contributed by atoms with van der Waals surface area (Å²) in [7, 11) is 0. The van der Waals surface area contributed by atoms with E-state index in [4.69, 9.17) is 10.8 Å². The molecular formula is C8H15NO. The fourth-order valence-electron chi connectivity index (χ4n) is 2.73. The van der Waals surface area contributed by atoms with E-state index < -0.39 is 0 Å². The molecule has 0 amide bonds. The van der Waals surface area contributed by atoms with E-state index in [-0.39, 0.29) is 0 Å². The van der Waals surface area contributed by atoms with Gasteiger partial charge in [0.25, 0.3) is 0 Å². The first-order chi connectivity index (χ1) is 4.83. The number of aliphatic hydroxyl groups is 1. The fraction of sp³-hybridized carbons (Fsp3) is 1.00. The predicted molar refractivity (Wildman–Crippen MR) is 39.4 cm³/mol. The molecule has 3 N–H and O–H groups in total. The van der Waals surface area contributed by atoms with E-state index in [1.54, 1.807) is 0 Å². The van der Waals surface area contributed by atoms with E-state index in [0.29, 0.717) is 18.6 Å². The number of hydrogen-bond donors (Lipinski definition) is 2. The molecule has 0 saturated heterocycles. The Hall–Kier alpha value is -0.0800. The molecule has 2 nitrogen and oxygen atoms in total. The maximum absolute atomic E-state index is 8.98. The molecule has 2 aliphatic carbocycles. The Morgan fingerprint density at radius 1 is 1.30 bits per heavy atom. The van der Waals surface area contributed by atoms with Crippen molar-refractivity contribution in [1.82, 2.24) is 0 Å². The number of rotatable bonds is 1. The average Bonchev–Trinajstić information content (AvgIpc) is 2.46. The molecule has 4 atom stereocenters. The van der Waals surface area contributed by atoms with Crippen molar-refractivity contribution in [3.8, 4) is 0 Å². The molecule has 2 saturated carbocycles. The SMILES string of the molecule is N[C@H]1[C@H]2CC[C@H](C2)[C@H]1CO. The monoisotopic (exact) mass is 141 g/mol. The van der Waals surface area contributed by atoms with E-state index in [1.807, 2.05) is 0 Å². The fourth-order valence-corrected chi connectivity index (χ4v) is 2.73. The number of fused-ring (bicyclic) bond motifs is 2. The van der Waals surface area contributed by atoms with Crippen LogP contribution >= 0.6 is 0 Å². The topological polar surface area (TPSA) is 46.2 Å². The van der Waals surface area contributed by atoms with E-state index >= 15 is 0 Å². The van der Waals surface area contributed by atoms with Crippen molar-refractivity contribution in [3.05, 3.63) is 0 Å². The highest BCUT2D eigenvalue weighted by atomic mass is 16.3. The van der Waals surface area contributed by atoms with Gasteiger partial charge in [-0.05, 0) is 31.1 Å². The standard InChI is InChI=1S/C8H15NO/c9-8-6-2-1-5(3-6)7(8)4-10/h5-8,10H,1-4,9H2/t5-,6+,7-,8+/m1/s1. The molecule has 2 fully saturated rings. The molecule has 0 radical (unpaired) electrons. The lowest BCUT2D eigenvalue weighted by Gasteiger charge is -2.25. The van der Waals surface area contributed by atoms with Gasteiger partial charge >= 0.3 is 0 Å². The molecule has 58 valence electrons. The van der Waals surface area contributed by atoms with Gasteiger partial charge in [0.1, 0.15) is 0 Å². The van der Waals surface area contributed by atoms with Crippen molar-refractivity contribution in [1.29, 1.82) is 0 Å². The summed E-state index contributed by atoms with van der Waals surface area (Å²) in [6.45, 7) is 0.308. The highest BCUT2D eigenvalue weighted by Crippen LogP contribution is 2.47. The third kappa shape index (κ3) is 0.722. The summed E-state index contributed by atoms with van der Waals surface area (Å²) >= 11 is 0. The molecule has 0 spiro atoms. The molecule has 0 aromatic heterocycles. The minimum atomic E-state index is 0.308. The first kappa shape index (κ1) is 6.62. The third-order valence-electron chi connectivity index (χ3n) is 3.37. The highest BCUT2D eigenvalue weighted by Gasteiger charge is 2.44. The quantitative estimate of drug-likeness (QED) is 0.553. The largest absolute Gasteiger partial charge is 0.396 e. The minimum absolute atomic E-state index is 0.308. The van der Waals surface area contributed by atoms with Crippen LogP contribution in [0.5, 0.6) is 0 Å². The molecule has 2 aliphatic rings. The van der Waals surface area contributed by atoms with Crippen LogP contribution in [0, 0.1) is 17.8 Å². The van der Waals surface area contributed by atoms with Crippen LogP contribution in [-0.2, 0) is 0 Å². The first-order valence-corrected chi connectivity index (χ1v) is 4.19. The maximum Gasteiger partial charge on any atom is 0.0476 e. The van der Waals surface area contributed by atoms with Crippen LogP contribution in [0.25, 0.3) is 0 Å². The molecule has 2 heteroatoms. The van der Waals surface area contributed by atoms with Gasteiger partial charge in [0.05, 0.1) is 0 Å². The van der Waals surface area contributed by atoms with E-state index in [2.05, 4.69) is 0 Å². The van der Waals surface area contributed by atoms with Crippen LogP contribution in [0.4, 0.5) is 0 Å². The Morgan fingerprint density at radius 2 is 2.00 bits per heavy atom. The summed E-state index contributed by atoms with van der Waals surface area (Å²) in [5, 5.41) is 8.98. The molecule has 2 bridgehead atoms. The molecule has 2 rings (SSSR count). The second-order valence-corrected chi connectivity index (χ2v) is 3.76. The Balaban J connectivity index is 2.10. The van der Waals surface area contributed by atoms with E-state index in [0.717, 1.165) is 11.8 Å². The molecule has 0 aliphatic heterocycles. The van der Waals surface area contributed by atoms with Gasteiger partial charge < -0.3 is 10.8 Å². The second-order valence-electron chi connectivity index (χ2n) is 3.76. The summed E-state index contributed by atoms with van der Waals surface area (Å²) < 4.78 is 0. The predicted octanol–water partition coefficient (Wildman–Crippen LogP) is 0.352. The van der Waals surface area contributed by atoms with Crippen molar-refractivity contribution >= 4 is 0 Å². The Kier molecular flexibility index (Phi) is 1.46. The van der Waals surface area contributed by atoms with Gasteiger partial charge in [0.15, 0.2) is 0 Å². The van der Waals surface area contributed by atoms with Gasteiger partial charge in [-0.3, -0.25) is 0 Å². The third-order valence-corrected chi connectivity index (χ3v) is 3.37. The van der Waals surface area contributed by atoms with Crippen LogP contribution < -0.4 is 5.73 Å². The van der Waals surface area contributed by atoms with Crippen LogP contribution in [0.2, 0.25) is 0 Å². The summed E-state index contributed by atoms with van der Waals surface area (Å²) in [5.74, 6) is 1.92. The summed E-state index contributed by atoms with van der Waals surface area (Å²) in [4.78, 5) is 0. The zero-order chi connectivity index (χ0) is 7.14. The minimum Gasteiger partial charge on any atom is -0.396 e. The lowest BCUT2D eigenvalue weighted by molar-refractivity contribution is 0.159. The van der Waals surface area contributed by atoms with E-state index in [9.17, 15) is 0 Å². The van der Waals surface area contributed by atoms with Crippen LogP contribution in [0.1, 0.15) is 19.3 Å². The summed E-state index contributed by atoms with van der Waals surface area (Å²) in [5.41, 5.74) is 5.91. The van der Waals surface area contributed by atoms with Gasteiger partial charge in [0, 0.05) is 18.6 Å². The number of aliphatic hydroxyl groups excluding tert-OH is 1. The molecule has 0 aromatic rings. The van der Waals surface area contributed by atoms with Crippen molar-refractivity contribution in [2.45, 2.75) is 25.3 Å². The second kappa shape index (κ2) is 2.21. The number of hydrogen-bond acceptors (Lipinski definition) is 2. The summed E-state index contributed by atoms with van der Waals surface area (Å²) in [6.07, 6.45) is 3.90. The van der Waals surface area contributed by atoms with Gasteiger partial charge in [0.2, 0.25) is 0 Å².